The molecular formula is C15H23N3O2. The van der Waals surface area contributed by atoms with Crippen molar-refractivity contribution in [3.63, 3.8) is 0 Å². The molecule has 1 aromatic heterocycles. The van der Waals surface area contributed by atoms with Crippen molar-refractivity contribution in [1.82, 2.24) is 10.3 Å². The van der Waals surface area contributed by atoms with E-state index in [1.165, 1.54) is 0 Å². The van der Waals surface area contributed by atoms with Crippen molar-refractivity contribution in [3.8, 4) is 0 Å². The molecule has 0 unspecified atom stereocenters. The average molecular weight is 277 g/mol. The first kappa shape index (κ1) is 14.8. The van der Waals surface area contributed by atoms with Gasteiger partial charge in [-0.1, -0.05) is 26.8 Å². The Bertz CT molecular complexity index is 445. The number of nitrogens with zero attached hydrogens (tertiary/aromatic N) is 2. The summed E-state index contributed by atoms with van der Waals surface area (Å²) >= 11 is 0. The van der Waals surface area contributed by atoms with Crippen LogP contribution in [0, 0.1) is 5.41 Å². The molecule has 1 aliphatic rings. The molecule has 0 atom stereocenters. The van der Waals surface area contributed by atoms with E-state index >= 15 is 0 Å². The summed E-state index contributed by atoms with van der Waals surface area (Å²) in [6.07, 6.45) is 1.83. The molecule has 1 amide bonds. The smallest absolute Gasteiger partial charge is 0.225 e. The molecule has 0 aliphatic carbocycles. The summed E-state index contributed by atoms with van der Waals surface area (Å²) in [5.41, 5.74) is 0.654. The zero-order valence-corrected chi connectivity index (χ0v) is 12.5. The number of carbonyl (C=O) groups excluding carboxylic acids is 1. The number of aromatic nitrogens is 1. The number of anilines is 1. The molecular weight excluding hydrogens is 254 g/mol. The van der Waals surface area contributed by atoms with Crippen LogP contribution in [0.15, 0.2) is 18.3 Å². The third kappa shape index (κ3) is 3.93. The van der Waals surface area contributed by atoms with E-state index in [4.69, 9.17) is 4.74 Å². The lowest BCUT2D eigenvalue weighted by Gasteiger charge is -2.27. The summed E-state index contributed by atoms with van der Waals surface area (Å²) in [5.74, 6) is 1.02. The fourth-order valence-corrected chi connectivity index (χ4v) is 1.95. The van der Waals surface area contributed by atoms with E-state index in [-0.39, 0.29) is 11.3 Å². The van der Waals surface area contributed by atoms with Crippen molar-refractivity contribution >= 4 is 11.7 Å². The maximum absolute atomic E-state index is 11.8. The molecule has 1 aliphatic heterocycles. The fourth-order valence-electron chi connectivity index (χ4n) is 1.95. The van der Waals surface area contributed by atoms with Crippen LogP contribution in [0.5, 0.6) is 0 Å². The molecule has 0 saturated carbocycles. The highest BCUT2D eigenvalue weighted by atomic mass is 16.5. The van der Waals surface area contributed by atoms with Crippen molar-refractivity contribution in [2.45, 2.75) is 27.3 Å². The van der Waals surface area contributed by atoms with Gasteiger partial charge in [-0.15, -0.1) is 0 Å². The number of amides is 1. The van der Waals surface area contributed by atoms with Crippen molar-refractivity contribution in [3.05, 3.63) is 23.9 Å². The summed E-state index contributed by atoms with van der Waals surface area (Å²) in [7, 11) is 0. The Labute approximate surface area is 120 Å². The molecule has 0 bridgehead atoms. The molecule has 2 heterocycles. The number of carbonyl (C=O) groups is 1. The largest absolute Gasteiger partial charge is 0.378 e. The summed E-state index contributed by atoms with van der Waals surface area (Å²) in [6.45, 7) is 9.51. The lowest BCUT2D eigenvalue weighted by Crippen LogP contribution is -2.36. The zero-order valence-electron chi connectivity index (χ0n) is 12.5. The Morgan fingerprint density at radius 3 is 2.60 bits per heavy atom. The van der Waals surface area contributed by atoms with E-state index in [1.807, 2.05) is 39.1 Å². The number of ether oxygens (including phenoxy) is 1. The van der Waals surface area contributed by atoms with Crippen LogP contribution in [-0.4, -0.2) is 37.2 Å². The summed E-state index contributed by atoms with van der Waals surface area (Å²) in [5, 5.41) is 2.93. The highest BCUT2D eigenvalue weighted by Crippen LogP contribution is 2.15. The Morgan fingerprint density at radius 1 is 1.35 bits per heavy atom. The molecule has 1 aromatic rings. The molecule has 0 aromatic carbocycles. The quantitative estimate of drug-likeness (QED) is 0.911. The van der Waals surface area contributed by atoms with Crippen LogP contribution in [0.2, 0.25) is 0 Å². The van der Waals surface area contributed by atoms with E-state index in [2.05, 4.69) is 15.2 Å². The number of nitrogens with one attached hydrogen (secondary N) is 1. The molecule has 0 radical (unpaired) electrons. The third-order valence-corrected chi connectivity index (χ3v) is 3.28. The number of hydrogen-bond donors (Lipinski definition) is 1. The number of rotatable bonds is 3. The predicted octanol–water partition coefficient (Wildman–Crippen LogP) is 1.58. The number of morpholine rings is 1. The van der Waals surface area contributed by atoms with Gasteiger partial charge in [-0.2, -0.15) is 0 Å². The molecule has 0 spiro atoms. The molecule has 1 saturated heterocycles. The Morgan fingerprint density at radius 2 is 2.05 bits per heavy atom. The van der Waals surface area contributed by atoms with Crippen LogP contribution in [0.1, 0.15) is 26.3 Å². The molecule has 1 fully saturated rings. The van der Waals surface area contributed by atoms with Gasteiger partial charge < -0.3 is 15.0 Å². The van der Waals surface area contributed by atoms with Crippen LogP contribution >= 0.6 is 0 Å². The Kier molecular flexibility index (Phi) is 4.60. The van der Waals surface area contributed by atoms with Crippen LogP contribution in [0.3, 0.4) is 0 Å². The maximum atomic E-state index is 11.8. The van der Waals surface area contributed by atoms with Gasteiger partial charge in [0.15, 0.2) is 0 Å². The van der Waals surface area contributed by atoms with Crippen molar-refractivity contribution in [2.75, 3.05) is 31.2 Å². The summed E-state index contributed by atoms with van der Waals surface area (Å²) in [4.78, 5) is 18.5. The lowest BCUT2D eigenvalue weighted by atomic mass is 9.96. The minimum absolute atomic E-state index is 0.0507. The van der Waals surface area contributed by atoms with Crippen molar-refractivity contribution in [2.24, 2.45) is 5.41 Å². The van der Waals surface area contributed by atoms with Crippen molar-refractivity contribution < 1.29 is 9.53 Å². The van der Waals surface area contributed by atoms with Crippen LogP contribution in [-0.2, 0) is 16.1 Å². The number of pyridine rings is 1. The normalized spacial score (nSPS) is 16.1. The van der Waals surface area contributed by atoms with Crippen LogP contribution < -0.4 is 10.2 Å². The van der Waals surface area contributed by atoms with E-state index in [0.29, 0.717) is 6.54 Å². The van der Waals surface area contributed by atoms with Gasteiger partial charge in [0, 0.05) is 31.2 Å². The first-order valence-electron chi connectivity index (χ1n) is 7.03. The first-order valence-corrected chi connectivity index (χ1v) is 7.03. The Hall–Kier alpha value is -1.62. The van der Waals surface area contributed by atoms with Crippen molar-refractivity contribution in [1.29, 1.82) is 0 Å². The third-order valence-electron chi connectivity index (χ3n) is 3.28. The first-order chi connectivity index (χ1) is 9.47. The molecule has 5 nitrogen and oxygen atoms in total. The fraction of sp³-hybridized carbons (Fsp3) is 0.600. The minimum Gasteiger partial charge on any atom is -0.378 e. The van der Waals surface area contributed by atoms with Gasteiger partial charge in [-0.05, 0) is 11.6 Å². The second-order valence-corrected chi connectivity index (χ2v) is 6.06. The summed E-state index contributed by atoms with van der Waals surface area (Å²) in [6, 6.07) is 4.02. The monoisotopic (exact) mass is 277 g/mol. The summed E-state index contributed by atoms with van der Waals surface area (Å²) < 4.78 is 5.32. The van der Waals surface area contributed by atoms with Crippen LogP contribution in [0.25, 0.3) is 0 Å². The van der Waals surface area contributed by atoms with Gasteiger partial charge in [0.05, 0.1) is 13.2 Å². The van der Waals surface area contributed by atoms with Gasteiger partial charge in [0.2, 0.25) is 5.91 Å². The lowest BCUT2D eigenvalue weighted by molar-refractivity contribution is -0.128. The van der Waals surface area contributed by atoms with Gasteiger partial charge >= 0.3 is 0 Å². The second kappa shape index (κ2) is 6.22. The van der Waals surface area contributed by atoms with E-state index in [9.17, 15) is 4.79 Å². The average Bonchev–Trinajstić information content (AvgIpc) is 2.45. The number of hydrogen-bond acceptors (Lipinski definition) is 4. The molecule has 5 heteroatoms. The van der Waals surface area contributed by atoms with E-state index in [1.54, 1.807) is 0 Å². The van der Waals surface area contributed by atoms with Gasteiger partial charge in [-0.3, -0.25) is 4.79 Å². The molecule has 2 rings (SSSR count). The molecule has 1 N–H and O–H groups in total. The minimum atomic E-state index is -0.360. The topological polar surface area (TPSA) is 54.5 Å². The highest BCUT2D eigenvalue weighted by molar-refractivity contribution is 5.81. The van der Waals surface area contributed by atoms with Gasteiger partial charge in [-0.25, -0.2) is 4.98 Å². The van der Waals surface area contributed by atoms with E-state index in [0.717, 1.165) is 37.7 Å². The zero-order chi connectivity index (χ0) is 14.6. The molecule has 20 heavy (non-hydrogen) atoms. The van der Waals surface area contributed by atoms with E-state index < -0.39 is 0 Å². The Balaban J connectivity index is 1.90. The highest BCUT2D eigenvalue weighted by Gasteiger charge is 2.20. The van der Waals surface area contributed by atoms with Gasteiger partial charge in [0.1, 0.15) is 5.82 Å². The van der Waals surface area contributed by atoms with Gasteiger partial charge in [0.25, 0.3) is 0 Å². The standard InChI is InChI=1S/C15H23N3O2/c1-15(2,3)14(19)17-11-12-4-5-13(16-10-12)18-6-8-20-9-7-18/h4-5,10H,6-9,11H2,1-3H3,(H,17,19). The second-order valence-electron chi connectivity index (χ2n) is 6.06. The van der Waals surface area contributed by atoms with Crippen LogP contribution in [0.4, 0.5) is 5.82 Å². The predicted molar refractivity (Wildman–Crippen MR) is 78.6 cm³/mol. The molecule has 110 valence electrons. The maximum Gasteiger partial charge on any atom is 0.225 e. The SMILES string of the molecule is CC(C)(C)C(=O)NCc1ccc(N2CCOCC2)nc1.